The van der Waals surface area contributed by atoms with Crippen LogP contribution in [0.3, 0.4) is 0 Å². The van der Waals surface area contributed by atoms with Crippen LogP contribution < -0.4 is 10.5 Å². The van der Waals surface area contributed by atoms with E-state index in [9.17, 15) is 4.39 Å². The van der Waals surface area contributed by atoms with Gasteiger partial charge in [0, 0.05) is 17.8 Å². The molecule has 2 rings (SSSR count). The minimum atomic E-state index is -0.471. The molecule has 19 heavy (non-hydrogen) atoms. The van der Waals surface area contributed by atoms with Crippen LogP contribution in [0.5, 0.6) is 5.75 Å². The van der Waals surface area contributed by atoms with Crippen LogP contribution in [0.4, 0.5) is 10.1 Å². The van der Waals surface area contributed by atoms with Crippen LogP contribution in [0.15, 0.2) is 12.1 Å². The zero-order valence-electron chi connectivity index (χ0n) is 11.6. The highest BCUT2D eigenvalue weighted by Gasteiger charge is 2.15. The van der Waals surface area contributed by atoms with Gasteiger partial charge in [-0.2, -0.15) is 5.10 Å². The summed E-state index contributed by atoms with van der Waals surface area (Å²) in [6, 6.07) is 2.83. The number of aromatic nitrogens is 2. The number of ether oxygens (including phenoxy) is 1. The number of hydrogen-bond donors (Lipinski definition) is 1. The highest BCUT2D eigenvalue weighted by Crippen LogP contribution is 2.28. The van der Waals surface area contributed by atoms with E-state index in [-0.39, 0.29) is 5.75 Å². The van der Waals surface area contributed by atoms with Crippen LogP contribution in [-0.2, 0) is 6.42 Å². The number of nitrogens with two attached hydrogens (primary N) is 1. The quantitative estimate of drug-likeness (QED) is 0.866. The van der Waals surface area contributed by atoms with Gasteiger partial charge >= 0.3 is 0 Å². The van der Waals surface area contributed by atoms with Crippen molar-refractivity contribution in [1.82, 2.24) is 9.78 Å². The second-order valence-electron chi connectivity index (χ2n) is 4.46. The summed E-state index contributed by atoms with van der Waals surface area (Å²) in [6.07, 6.45) is 0.899. The molecule has 1 heterocycles. The van der Waals surface area contributed by atoms with Crippen LogP contribution in [0.1, 0.15) is 23.9 Å². The molecule has 0 fully saturated rings. The molecule has 5 heteroatoms. The van der Waals surface area contributed by atoms with Gasteiger partial charge in [0.15, 0.2) is 11.6 Å². The lowest BCUT2D eigenvalue weighted by Crippen LogP contribution is -2.05. The third kappa shape index (κ3) is 2.16. The molecule has 0 aliphatic carbocycles. The number of halogens is 1. The molecular weight excluding hydrogens is 245 g/mol. The number of anilines is 1. The number of nitrogens with zero attached hydrogens (tertiary/aromatic N) is 2. The number of methoxy groups -OCH3 is 1. The Kier molecular flexibility index (Phi) is 3.46. The normalized spacial score (nSPS) is 10.8. The lowest BCUT2D eigenvalue weighted by Gasteiger charge is -2.11. The van der Waals surface area contributed by atoms with Gasteiger partial charge in [-0.25, -0.2) is 9.07 Å². The van der Waals surface area contributed by atoms with Crippen molar-refractivity contribution in [3.05, 3.63) is 34.9 Å². The lowest BCUT2D eigenvalue weighted by atomic mass is 10.1. The topological polar surface area (TPSA) is 53.1 Å². The third-order valence-corrected chi connectivity index (χ3v) is 3.32. The second kappa shape index (κ2) is 4.91. The Morgan fingerprint density at radius 2 is 2.05 bits per heavy atom. The molecule has 1 aromatic heterocycles. The maximum Gasteiger partial charge on any atom is 0.167 e. The molecule has 0 saturated heterocycles. The number of aryl methyl sites for hydroxylation is 1. The monoisotopic (exact) mass is 263 g/mol. The first-order chi connectivity index (χ1) is 8.99. The fourth-order valence-corrected chi connectivity index (χ4v) is 2.32. The van der Waals surface area contributed by atoms with E-state index in [1.165, 1.54) is 18.7 Å². The van der Waals surface area contributed by atoms with E-state index in [0.29, 0.717) is 11.4 Å². The Bertz CT molecular complexity index is 620. The summed E-state index contributed by atoms with van der Waals surface area (Å²) in [5, 5.41) is 4.48. The smallest absolute Gasteiger partial charge is 0.167 e. The zero-order chi connectivity index (χ0) is 14.2. The van der Waals surface area contributed by atoms with Crippen molar-refractivity contribution >= 4 is 5.69 Å². The predicted octanol–water partition coefficient (Wildman–Crippen LogP) is 2.78. The summed E-state index contributed by atoms with van der Waals surface area (Å²) in [6.45, 7) is 6.02. The van der Waals surface area contributed by atoms with E-state index < -0.39 is 5.82 Å². The molecule has 0 spiro atoms. The summed E-state index contributed by atoms with van der Waals surface area (Å²) < 4.78 is 20.3. The molecule has 4 nitrogen and oxygen atoms in total. The maximum absolute atomic E-state index is 13.6. The van der Waals surface area contributed by atoms with Crippen LogP contribution in [-0.4, -0.2) is 16.9 Å². The molecule has 0 atom stereocenters. The Morgan fingerprint density at radius 1 is 1.37 bits per heavy atom. The zero-order valence-corrected chi connectivity index (χ0v) is 11.6. The first-order valence-electron chi connectivity index (χ1n) is 6.18. The molecule has 102 valence electrons. The molecule has 0 aliphatic rings. The highest BCUT2D eigenvalue weighted by atomic mass is 19.1. The molecule has 2 N–H and O–H groups in total. The van der Waals surface area contributed by atoms with Crippen molar-refractivity contribution in [2.24, 2.45) is 0 Å². The average molecular weight is 263 g/mol. The van der Waals surface area contributed by atoms with Gasteiger partial charge in [-0.05, 0) is 25.8 Å². The summed E-state index contributed by atoms with van der Waals surface area (Å²) >= 11 is 0. The van der Waals surface area contributed by atoms with Gasteiger partial charge in [0.1, 0.15) is 0 Å². The summed E-state index contributed by atoms with van der Waals surface area (Å²) in [7, 11) is 1.43. The average Bonchev–Trinajstić information content (AvgIpc) is 2.64. The summed E-state index contributed by atoms with van der Waals surface area (Å²) in [4.78, 5) is 0. The maximum atomic E-state index is 13.6. The largest absolute Gasteiger partial charge is 0.494 e. The van der Waals surface area contributed by atoms with E-state index in [0.717, 1.165) is 17.8 Å². The fraction of sp³-hybridized carbons (Fsp3) is 0.357. The van der Waals surface area contributed by atoms with Gasteiger partial charge in [-0.3, -0.25) is 0 Å². The van der Waals surface area contributed by atoms with Crippen molar-refractivity contribution in [3.8, 4) is 11.4 Å². The Hall–Kier alpha value is -2.04. The van der Waals surface area contributed by atoms with Crippen LogP contribution in [0, 0.1) is 19.7 Å². The molecule has 0 unspecified atom stereocenters. The second-order valence-corrected chi connectivity index (χ2v) is 4.46. The molecule has 0 radical (unpaired) electrons. The molecule has 0 saturated carbocycles. The first-order valence-corrected chi connectivity index (χ1v) is 6.18. The van der Waals surface area contributed by atoms with Crippen molar-refractivity contribution in [1.29, 1.82) is 0 Å². The Labute approximate surface area is 112 Å². The van der Waals surface area contributed by atoms with Gasteiger partial charge in [0.2, 0.25) is 0 Å². The van der Waals surface area contributed by atoms with Gasteiger partial charge < -0.3 is 10.5 Å². The Morgan fingerprint density at radius 3 is 2.58 bits per heavy atom. The number of nitrogen functional groups attached to an aromatic ring is 1. The third-order valence-electron chi connectivity index (χ3n) is 3.32. The molecular formula is C14H18FN3O. The number of hydrogen-bond acceptors (Lipinski definition) is 3. The minimum Gasteiger partial charge on any atom is -0.494 e. The van der Waals surface area contributed by atoms with Crippen LogP contribution in [0.2, 0.25) is 0 Å². The molecule has 0 aliphatic heterocycles. The molecule has 0 bridgehead atoms. The molecule has 0 amide bonds. The van der Waals surface area contributed by atoms with E-state index in [1.807, 2.05) is 13.8 Å². The highest BCUT2D eigenvalue weighted by molar-refractivity contribution is 5.61. The van der Waals surface area contributed by atoms with Crippen molar-refractivity contribution in [2.75, 3.05) is 12.8 Å². The molecule has 1 aromatic carbocycles. The number of rotatable bonds is 3. The Balaban J connectivity index is 2.65. The van der Waals surface area contributed by atoms with Crippen LogP contribution in [0.25, 0.3) is 5.69 Å². The van der Waals surface area contributed by atoms with Crippen molar-refractivity contribution in [3.63, 3.8) is 0 Å². The van der Waals surface area contributed by atoms with Crippen molar-refractivity contribution in [2.45, 2.75) is 27.2 Å². The SMILES string of the molecule is CCc1c(C)nn(-c2cc(OC)c(F)cc2N)c1C. The van der Waals surface area contributed by atoms with Gasteiger partial charge in [0.05, 0.1) is 24.2 Å². The van der Waals surface area contributed by atoms with Gasteiger partial charge in [-0.15, -0.1) is 0 Å². The van der Waals surface area contributed by atoms with Gasteiger partial charge in [-0.1, -0.05) is 6.92 Å². The van der Waals surface area contributed by atoms with E-state index in [2.05, 4.69) is 12.0 Å². The summed E-state index contributed by atoms with van der Waals surface area (Å²) in [5.41, 5.74) is 10.0. The van der Waals surface area contributed by atoms with E-state index in [4.69, 9.17) is 10.5 Å². The predicted molar refractivity (Wildman–Crippen MR) is 73.3 cm³/mol. The van der Waals surface area contributed by atoms with Gasteiger partial charge in [0.25, 0.3) is 0 Å². The van der Waals surface area contributed by atoms with E-state index in [1.54, 1.807) is 10.7 Å². The number of benzene rings is 1. The first kappa shape index (κ1) is 13.4. The lowest BCUT2D eigenvalue weighted by molar-refractivity contribution is 0.386. The molecule has 2 aromatic rings. The van der Waals surface area contributed by atoms with E-state index >= 15 is 0 Å². The minimum absolute atomic E-state index is 0.162. The fourth-order valence-electron chi connectivity index (χ4n) is 2.32. The summed E-state index contributed by atoms with van der Waals surface area (Å²) in [5.74, 6) is -0.309. The standard InChI is InChI=1S/C14H18FN3O/c1-5-10-8(2)17-18(9(10)3)13-7-14(19-4)11(15)6-12(13)16/h6-7H,5,16H2,1-4H3. The van der Waals surface area contributed by atoms with Crippen LogP contribution >= 0.6 is 0 Å². The van der Waals surface area contributed by atoms with Crippen molar-refractivity contribution < 1.29 is 9.13 Å².